The average molecular weight is 193 g/mol. The molecule has 1 saturated heterocycles. The van der Waals surface area contributed by atoms with Crippen LogP contribution in [0, 0.1) is 12.3 Å². The number of hydrogen-bond acceptors (Lipinski definition) is 2. The van der Waals surface area contributed by atoms with Crippen LogP contribution in [0.5, 0.6) is 0 Å². The zero-order chi connectivity index (χ0) is 10.2. The van der Waals surface area contributed by atoms with E-state index < -0.39 is 0 Å². The van der Waals surface area contributed by atoms with Crippen LogP contribution >= 0.6 is 0 Å². The second kappa shape index (κ2) is 3.43. The van der Waals surface area contributed by atoms with E-state index >= 15 is 0 Å². The summed E-state index contributed by atoms with van der Waals surface area (Å²) in [5.41, 5.74) is 1.70. The van der Waals surface area contributed by atoms with Crippen LogP contribution in [0.3, 0.4) is 0 Å². The minimum absolute atomic E-state index is 0.433. The fraction of sp³-hybridized carbons (Fsp3) is 0.667. The molecule has 0 radical (unpaired) electrons. The molecule has 0 aliphatic carbocycles. The maximum atomic E-state index is 5.56. The first kappa shape index (κ1) is 9.78. The van der Waals surface area contributed by atoms with Crippen molar-refractivity contribution < 1.29 is 4.42 Å². The Labute approximate surface area is 85.7 Å². The van der Waals surface area contributed by atoms with Crippen LogP contribution in [0.15, 0.2) is 16.7 Å². The Morgan fingerprint density at radius 3 is 2.57 bits per heavy atom. The summed E-state index contributed by atoms with van der Waals surface area (Å²) >= 11 is 0. The van der Waals surface area contributed by atoms with E-state index in [4.69, 9.17) is 4.42 Å². The molecule has 1 aliphatic heterocycles. The first-order valence-electron chi connectivity index (χ1n) is 5.51. The van der Waals surface area contributed by atoms with Gasteiger partial charge in [0.2, 0.25) is 0 Å². The van der Waals surface area contributed by atoms with E-state index in [0.717, 1.165) is 12.3 Å². The van der Waals surface area contributed by atoms with Gasteiger partial charge in [-0.05, 0) is 31.4 Å². The van der Waals surface area contributed by atoms with Gasteiger partial charge in [-0.15, -0.1) is 0 Å². The molecule has 0 amide bonds. The number of hydrogen-bond donors (Lipinski definition) is 1. The van der Waals surface area contributed by atoms with Crippen molar-refractivity contribution in [2.45, 2.75) is 39.7 Å². The molecule has 2 nitrogen and oxygen atoms in total. The highest BCUT2D eigenvalue weighted by atomic mass is 16.3. The van der Waals surface area contributed by atoms with Crippen molar-refractivity contribution in [1.29, 1.82) is 0 Å². The molecule has 14 heavy (non-hydrogen) atoms. The minimum atomic E-state index is 0.433. The second-order valence-electron chi connectivity index (χ2n) is 4.35. The Kier molecular flexibility index (Phi) is 2.40. The van der Waals surface area contributed by atoms with E-state index in [1.165, 1.54) is 18.4 Å². The smallest absolute Gasteiger partial charge is 0.124 e. The summed E-state index contributed by atoms with van der Waals surface area (Å²) < 4.78 is 5.56. The van der Waals surface area contributed by atoms with Gasteiger partial charge in [-0.3, -0.25) is 0 Å². The van der Waals surface area contributed by atoms with Gasteiger partial charge in [-0.25, -0.2) is 0 Å². The highest BCUT2D eigenvalue weighted by Crippen LogP contribution is 2.47. The normalized spacial score (nSPS) is 24.6. The molecular formula is C12H19NO. The van der Waals surface area contributed by atoms with Crippen LogP contribution in [0.25, 0.3) is 0 Å². The van der Waals surface area contributed by atoms with Crippen molar-refractivity contribution in [2.24, 2.45) is 5.41 Å². The molecular weight excluding hydrogens is 174 g/mol. The summed E-state index contributed by atoms with van der Waals surface area (Å²) in [6, 6.07) is 2.48. The van der Waals surface area contributed by atoms with E-state index in [-0.39, 0.29) is 0 Å². The fourth-order valence-electron chi connectivity index (χ4n) is 2.45. The summed E-state index contributed by atoms with van der Waals surface area (Å²) in [6.45, 7) is 7.80. The standard InChI is InChI=1S/C12H19NO/c1-4-12(5-2)8-13-11(12)10-9(3)6-7-14-10/h6-7,11,13H,4-5,8H2,1-3H3. The van der Waals surface area contributed by atoms with Gasteiger partial charge in [-0.1, -0.05) is 13.8 Å². The van der Waals surface area contributed by atoms with Gasteiger partial charge in [0, 0.05) is 12.0 Å². The SMILES string of the molecule is CCC1(CC)CNC1c1occc1C. The predicted molar refractivity (Wildman–Crippen MR) is 57.2 cm³/mol. The lowest BCUT2D eigenvalue weighted by molar-refractivity contribution is 0.0550. The lowest BCUT2D eigenvalue weighted by Gasteiger charge is -2.49. The molecule has 0 aromatic carbocycles. The van der Waals surface area contributed by atoms with E-state index in [1.54, 1.807) is 6.26 Å². The molecule has 1 aromatic rings. The fourth-order valence-corrected chi connectivity index (χ4v) is 2.45. The zero-order valence-electron chi connectivity index (χ0n) is 9.26. The summed E-state index contributed by atoms with van der Waals surface area (Å²) in [6.07, 6.45) is 4.24. The van der Waals surface area contributed by atoms with Crippen molar-refractivity contribution in [3.05, 3.63) is 23.7 Å². The first-order valence-corrected chi connectivity index (χ1v) is 5.51. The van der Waals surface area contributed by atoms with Crippen LogP contribution in [-0.4, -0.2) is 6.54 Å². The van der Waals surface area contributed by atoms with Crippen LogP contribution in [0.4, 0.5) is 0 Å². The van der Waals surface area contributed by atoms with Crippen LogP contribution in [0.1, 0.15) is 44.1 Å². The summed E-state index contributed by atoms with van der Waals surface area (Å²) in [5.74, 6) is 1.14. The number of aryl methyl sites for hydroxylation is 1. The van der Waals surface area contributed by atoms with Gasteiger partial charge in [-0.2, -0.15) is 0 Å². The Morgan fingerprint density at radius 1 is 1.50 bits per heavy atom. The third kappa shape index (κ3) is 1.21. The Morgan fingerprint density at radius 2 is 2.21 bits per heavy atom. The number of nitrogens with one attached hydrogen (secondary N) is 1. The third-order valence-corrected chi connectivity index (χ3v) is 3.84. The summed E-state index contributed by atoms with van der Waals surface area (Å²) in [5, 5.41) is 3.49. The minimum Gasteiger partial charge on any atom is -0.467 e. The van der Waals surface area contributed by atoms with E-state index in [1.807, 2.05) is 6.07 Å². The molecule has 0 spiro atoms. The average Bonchev–Trinajstić information content (AvgIpc) is 2.54. The van der Waals surface area contributed by atoms with Gasteiger partial charge >= 0.3 is 0 Å². The Hall–Kier alpha value is -0.760. The molecule has 2 heterocycles. The van der Waals surface area contributed by atoms with Crippen LogP contribution < -0.4 is 5.32 Å². The molecule has 1 N–H and O–H groups in total. The number of rotatable bonds is 3. The van der Waals surface area contributed by atoms with Crippen LogP contribution in [-0.2, 0) is 0 Å². The summed E-state index contributed by atoms with van der Waals surface area (Å²) in [4.78, 5) is 0. The highest BCUT2D eigenvalue weighted by Gasteiger charge is 2.46. The molecule has 1 unspecified atom stereocenters. The van der Waals surface area contributed by atoms with Gasteiger partial charge in [0.25, 0.3) is 0 Å². The van der Waals surface area contributed by atoms with Gasteiger partial charge in [0.15, 0.2) is 0 Å². The molecule has 0 bridgehead atoms. The molecule has 1 aromatic heterocycles. The van der Waals surface area contributed by atoms with E-state index in [2.05, 4.69) is 26.1 Å². The molecule has 2 rings (SSSR count). The maximum absolute atomic E-state index is 5.56. The molecule has 2 heteroatoms. The van der Waals surface area contributed by atoms with Gasteiger partial charge in [0.1, 0.15) is 5.76 Å². The zero-order valence-corrected chi connectivity index (χ0v) is 9.26. The third-order valence-electron chi connectivity index (χ3n) is 3.84. The Bertz CT molecular complexity index is 306. The lowest BCUT2D eigenvalue weighted by atomic mass is 9.68. The maximum Gasteiger partial charge on any atom is 0.124 e. The molecule has 78 valence electrons. The molecule has 0 saturated carbocycles. The molecule has 1 fully saturated rings. The van der Waals surface area contributed by atoms with Crippen molar-refractivity contribution >= 4 is 0 Å². The quantitative estimate of drug-likeness (QED) is 0.798. The van der Waals surface area contributed by atoms with E-state index in [0.29, 0.717) is 11.5 Å². The van der Waals surface area contributed by atoms with Crippen molar-refractivity contribution in [3.63, 3.8) is 0 Å². The lowest BCUT2D eigenvalue weighted by Crippen LogP contribution is -2.55. The van der Waals surface area contributed by atoms with Gasteiger partial charge in [0.05, 0.1) is 12.3 Å². The van der Waals surface area contributed by atoms with Gasteiger partial charge < -0.3 is 9.73 Å². The molecule has 1 aliphatic rings. The van der Waals surface area contributed by atoms with Crippen molar-refractivity contribution in [1.82, 2.24) is 5.32 Å². The van der Waals surface area contributed by atoms with Crippen molar-refractivity contribution in [2.75, 3.05) is 6.54 Å². The number of furan rings is 1. The highest BCUT2D eigenvalue weighted by molar-refractivity contribution is 5.23. The largest absolute Gasteiger partial charge is 0.467 e. The first-order chi connectivity index (χ1) is 6.73. The monoisotopic (exact) mass is 193 g/mol. The molecule has 1 atom stereocenters. The Balaban J connectivity index is 2.25. The summed E-state index contributed by atoms with van der Waals surface area (Å²) in [7, 11) is 0. The van der Waals surface area contributed by atoms with Crippen LogP contribution in [0.2, 0.25) is 0 Å². The predicted octanol–water partition coefficient (Wildman–Crippen LogP) is 3.04. The van der Waals surface area contributed by atoms with Crippen molar-refractivity contribution in [3.8, 4) is 0 Å². The topological polar surface area (TPSA) is 25.2 Å². The van der Waals surface area contributed by atoms with E-state index in [9.17, 15) is 0 Å². The second-order valence-corrected chi connectivity index (χ2v) is 4.35.